The van der Waals surface area contributed by atoms with E-state index in [2.05, 4.69) is 10.3 Å². The van der Waals surface area contributed by atoms with Gasteiger partial charge in [0.25, 0.3) is 5.91 Å². The summed E-state index contributed by atoms with van der Waals surface area (Å²) in [4.78, 5) is 17.0. The van der Waals surface area contributed by atoms with Crippen molar-refractivity contribution < 1.29 is 13.9 Å². The summed E-state index contributed by atoms with van der Waals surface area (Å²) < 4.78 is 11.6. The second-order valence-electron chi connectivity index (χ2n) is 7.50. The van der Waals surface area contributed by atoms with Crippen molar-refractivity contribution in [1.82, 2.24) is 4.98 Å². The lowest BCUT2D eigenvalue weighted by molar-refractivity contribution is -0.118. The van der Waals surface area contributed by atoms with E-state index in [0.717, 1.165) is 21.9 Å². The van der Waals surface area contributed by atoms with Crippen LogP contribution in [0.2, 0.25) is 5.02 Å². The standard InChI is InChI=1S/C26H19ClN2O3/c1-16-9-11-20(21(27)13-16)26-29-22-14-18(10-12-24(22)32-26)28-25(30)15-31-23-8-4-6-17-5-2-3-7-19(17)23/h2-14H,15H2,1H3,(H,28,30). The van der Waals surface area contributed by atoms with Gasteiger partial charge in [0.1, 0.15) is 11.3 Å². The van der Waals surface area contributed by atoms with Crippen LogP contribution in [-0.4, -0.2) is 17.5 Å². The highest BCUT2D eigenvalue weighted by Crippen LogP contribution is 2.31. The van der Waals surface area contributed by atoms with Gasteiger partial charge >= 0.3 is 0 Å². The van der Waals surface area contributed by atoms with Crippen LogP contribution in [0.3, 0.4) is 0 Å². The molecule has 1 amide bonds. The molecule has 0 aliphatic heterocycles. The number of rotatable bonds is 5. The molecule has 1 heterocycles. The summed E-state index contributed by atoms with van der Waals surface area (Å²) in [5, 5.41) is 5.46. The van der Waals surface area contributed by atoms with Gasteiger partial charge in [0.2, 0.25) is 5.89 Å². The number of carbonyl (C=O) groups is 1. The first-order chi connectivity index (χ1) is 15.6. The van der Waals surface area contributed by atoms with Crippen molar-refractivity contribution in [3.8, 4) is 17.2 Å². The van der Waals surface area contributed by atoms with E-state index < -0.39 is 0 Å². The molecule has 158 valence electrons. The molecule has 0 radical (unpaired) electrons. The molecular weight excluding hydrogens is 424 g/mol. The number of nitrogens with zero attached hydrogens (tertiary/aromatic N) is 1. The Bertz CT molecular complexity index is 1450. The number of hydrogen-bond donors (Lipinski definition) is 1. The van der Waals surface area contributed by atoms with Crippen LogP contribution in [-0.2, 0) is 4.79 Å². The summed E-state index contributed by atoms with van der Waals surface area (Å²) in [7, 11) is 0. The number of benzene rings is 4. The molecule has 1 N–H and O–H groups in total. The summed E-state index contributed by atoms with van der Waals surface area (Å²) in [5.41, 5.74) is 3.64. The highest BCUT2D eigenvalue weighted by Gasteiger charge is 2.13. The van der Waals surface area contributed by atoms with Gasteiger partial charge in [-0.2, -0.15) is 0 Å². The SMILES string of the molecule is Cc1ccc(-c2nc3cc(NC(=O)COc4cccc5ccccc45)ccc3o2)c(Cl)c1. The topological polar surface area (TPSA) is 64.4 Å². The maximum absolute atomic E-state index is 12.5. The number of halogens is 1. The van der Waals surface area contributed by atoms with Crippen LogP contribution in [0.4, 0.5) is 5.69 Å². The van der Waals surface area contributed by atoms with Gasteiger partial charge in [0, 0.05) is 11.1 Å². The minimum Gasteiger partial charge on any atom is -0.483 e. The van der Waals surface area contributed by atoms with Gasteiger partial charge in [-0.3, -0.25) is 4.79 Å². The minimum atomic E-state index is -0.261. The fourth-order valence-electron chi connectivity index (χ4n) is 3.58. The van der Waals surface area contributed by atoms with Gasteiger partial charge in [-0.25, -0.2) is 4.98 Å². The van der Waals surface area contributed by atoms with Crippen molar-refractivity contribution in [2.24, 2.45) is 0 Å². The average molecular weight is 443 g/mol. The first-order valence-corrected chi connectivity index (χ1v) is 10.5. The second-order valence-corrected chi connectivity index (χ2v) is 7.91. The molecular formula is C26H19ClN2O3. The third-order valence-electron chi connectivity index (χ3n) is 5.13. The molecule has 1 aromatic heterocycles. The molecule has 32 heavy (non-hydrogen) atoms. The Hall–Kier alpha value is -3.83. The number of anilines is 1. The molecule has 4 aromatic carbocycles. The third kappa shape index (κ3) is 4.03. The van der Waals surface area contributed by atoms with E-state index in [9.17, 15) is 4.79 Å². The zero-order valence-electron chi connectivity index (χ0n) is 17.3. The molecule has 0 aliphatic carbocycles. The Morgan fingerprint density at radius 2 is 1.88 bits per heavy atom. The van der Waals surface area contributed by atoms with E-state index in [1.54, 1.807) is 18.2 Å². The highest BCUT2D eigenvalue weighted by molar-refractivity contribution is 6.33. The van der Waals surface area contributed by atoms with E-state index in [4.69, 9.17) is 20.8 Å². The van der Waals surface area contributed by atoms with Crippen molar-refractivity contribution in [2.75, 3.05) is 11.9 Å². The van der Waals surface area contributed by atoms with Crippen LogP contribution >= 0.6 is 11.6 Å². The van der Waals surface area contributed by atoms with E-state index >= 15 is 0 Å². The van der Waals surface area contributed by atoms with Gasteiger partial charge in [-0.15, -0.1) is 0 Å². The lowest BCUT2D eigenvalue weighted by Crippen LogP contribution is -2.20. The lowest BCUT2D eigenvalue weighted by Gasteiger charge is -2.09. The van der Waals surface area contributed by atoms with Crippen molar-refractivity contribution in [2.45, 2.75) is 6.92 Å². The van der Waals surface area contributed by atoms with Gasteiger partial charge in [0.05, 0.1) is 10.6 Å². The van der Waals surface area contributed by atoms with E-state index in [0.29, 0.717) is 33.4 Å². The monoisotopic (exact) mass is 442 g/mol. The Kier molecular flexibility index (Phi) is 5.25. The normalized spacial score (nSPS) is 11.1. The molecule has 6 heteroatoms. The van der Waals surface area contributed by atoms with Gasteiger partial charge in [-0.1, -0.05) is 54.1 Å². The summed E-state index contributed by atoms with van der Waals surface area (Å²) in [6, 6.07) is 24.7. The maximum atomic E-state index is 12.5. The molecule has 0 unspecified atom stereocenters. The quantitative estimate of drug-likeness (QED) is 0.332. The molecule has 0 spiro atoms. The molecule has 0 bridgehead atoms. The molecule has 0 atom stereocenters. The fourth-order valence-corrected chi connectivity index (χ4v) is 3.89. The number of carbonyl (C=O) groups excluding carboxylic acids is 1. The van der Waals surface area contributed by atoms with E-state index in [1.807, 2.05) is 67.6 Å². The number of aromatic nitrogens is 1. The molecule has 5 rings (SSSR count). The van der Waals surface area contributed by atoms with Crippen molar-refractivity contribution in [3.63, 3.8) is 0 Å². The predicted molar refractivity (Wildman–Crippen MR) is 127 cm³/mol. The number of aryl methyl sites for hydroxylation is 1. The molecule has 0 fully saturated rings. The lowest BCUT2D eigenvalue weighted by atomic mass is 10.1. The van der Waals surface area contributed by atoms with Crippen molar-refractivity contribution in [1.29, 1.82) is 0 Å². The molecule has 5 aromatic rings. The Morgan fingerprint density at radius 3 is 2.75 bits per heavy atom. The zero-order chi connectivity index (χ0) is 22.1. The van der Waals surface area contributed by atoms with Crippen molar-refractivity contribution in [3.05, 3.63) is 89.4 Å². The maximum Gasteiger partial charge on any atom is 0.262 e. The minimum absolute atomic E-state index is 0.102. The number of ether oxygens (including phenoxy) is 1. The molecule has 0 aliphatic rings. The Labute approximate surface area is 189 Å². The van der Waals surface area contributed by atoms with Crippen LogP contribution in [0.5, 0.6) is 5.75 Å². The van der Waals surface area contributed by atoms with Crippen LogP contribution in [0.1, 0.15) is 5.56 Å². The van der Waals surface area contributed by atoms with Crippen LogP contribution in [0.25, 0.3) is 33.3 Å². The highest BCUT2D eigenvalue weighted by atomic mass is 35.5. The Balaban J connectivity index is 1.31. The Morgan fingerprint density at radius 1 is 1.03 bits per heavy atom. The summed E-state index contributed by atoms with van der Waals surface area (Å²) >= 11 is 6.34. The van der Waals surface area contributed by atoms with Gasteiger partial charge in [-0.05, 0) is 54.3 Å². The fraction of sp³-hybridized carbons (Fsp3) is 0.0769. The van der Waals surface area contributed by atoms with Crippen molar-refractivity contribution >= 4 is 45.1 Å². The number of nitrogens with one attached hydrogen (secondary N) is 1. The number of amides is 1. The van der Waals surface area contributed by atoms with Crippen LogP contribution in [0, 0.1) is 6.92 Å². The number of oxazole rings is 1. The molecule has 0 saturated carbocycles. The van der Waals surface area contributed by atoms with Crippen LogP contribution < -0.4 is 10.1 Å². The summed E-state index contributed by atoms with van der Waals surface area (Å²) in [5.74, 6) is 0.847. The van der Waals surface area contributed by atoms with Gasteiger partial charge in [0.15, 0.2) is 12.2 Å². The number of hydrogen-bond acceptors (Lipinski definition) is 4. The van der Waals surface area contributed by atoms with Crippen LogP contribution in [0.15, 0.2) is 83.3 Å². The average Bonchev–Trinajstić information content (AvgIpc) is 3.20. The third-order valence-corrected chi connectivity index (χ3v) is 5.45. The smallest absolute Gasteiger partial charge is 0.262 e. The first-order valence-electron chi connectivity index (χ1n) is 10.1. The first kappa shape index (κ1) is 20.1. The number of fused-ring (bicyclic) bond motifs is 2. The summed E-state index contributed by atoms with van der Waals surface area (Å²) in [6.45, 7) is 1.87. The van der Waals surface area contributed by atoms with E-state index in [1.165, 1.54) is 0 Å². The van der Waals surface area contributed by atoms with Gasteiger partial charge < -0.3 is 14.5 Å². The van der Waals surface area contributed by atoms with E-state index in [-0.39, 0.29) is 12.5 Å². The predicted octanol–water partition coefficient (Wildman–Crippen LogP) is 6.63. The molecule has 5 nitrogen and oxygen atoms in total. The second kappa shape index (κ2) is 8.36. The zero-order valence-corrected chi connectivity index (χ0v) is 18.0. The summed E-state index contributed by atoms with van der Waals surface area (Å²) in [6.07, 6.45) is 0. The largest absolute Gasteiger partial charge is 0.483 e. The molecule has 0 saturated heterocycles.